The highest BCUT2D eigenvalue weighted by atomic mass is 32.2. The van der Waals surface area contributed by atoms with Crippen molar-refractivity contribution in [1.82, 2.24) is 4.98 Å². The molecule has 21 heavy (non-hydrogen) atoms. The van der Waals surface area contributed by atoms with E-state index < -0.39 is 0 Å². The van der Waals surface area contributed by atoms with Crippen molar-refractivity contribution in [2.24, 2.45) is 0 Å². The van der Waals surface area contributed by atoms with Gasteiger partial charge >= 0.3 is 0 Å². The van der Waals surface area contributed by atoms with E-state index in [9.17, 15) is 0 Å². The van der Waals surface area contributed by atoms with Crippen LogP contribution in [-0.2, 0) is 5.75 Å². The normalized spacial score (nSPS) is 10.3. The van der Waals surface area contributed by atoms with Crippen LogP contribution in [0.5, 0.6) is 0 Å². The van der Waals surface area contributed by atoms with Crippen LogP contribution < -0.4 is 5.32 Å². The third-order valence-electron chi connectivity index (χ3n) is 3.07. The molecule has 0 radical (unpaired) electrons. The molecule has 3 aromatic rings. The lowest BCUT2D eigenvalue weighted by Crippen LogP contribution is -1.97. The van der Waals surface area contributed by atoms with Crippen LogP contribution >= 0.6 is 11.8 Å². The zero-order valence-corrected chi connectivity index (χ0v) is 12.4. The molecule has 2 aromatic carbocycles. The van der Waals surface area contributed by atoms with Gasteiger partial charge < -0.3 is 5.32 Å². The van der Waals surface area contributed by atoms with Crippen molar-refractivity contribution in [2.45, 2.75) is 10.6 Å². The van der Waals surface area contributed by atoms with E-state index in [0.717, 1.165) is 17.3 Å². The summed E-state index contributed by atoms with van der Waals surface area (Å²) in [6, 6.07) is 24.7. The lowest BCUT2D eigenvalue weighted by molar-refractivity contribution is 1.24. The zero-order valence-electron chi connectivity index (χ0n) is 11.6. The number of thioether (sulfide) groups is 1. The molecule has 0 aliphatic carbocycles. The molecular formula is C18H16N2S. The Kier molecular flexibility index (Phi) is 4.54. The number of pyridine rings is 1. The average Bonchev–Trinajstić information content (AvgIpc) is 2.56. The summed E-state index contributed by atoms with van der Waals surface area (Å²) >= 11 is 1.82. The number of para-hydroxylation sites is 1. The van der Waals surface area contributed by atoms with E-state index in [-0.39, 0.29) is 0 Å². The van der Waals surface area contributed by atoms with Gasteiger partial charge in [0.1, 0.15) is 5.82 Å². The van der Waals surface area contributed by atoms with E-state index in [1.54, 1.807) is 0 Å². The van der Waals surface area contributed by atoms with E-state index in [0.29, 0.717) is 0 Å². The van der Waals surface area contributed by atoms with Crippen LogP contribution in [-0.4, -0.2) is 4.98 Å². The molecular weight excluding hydrogens is 276 g/mol. The summed E-state index contributed by atoms with van der Waals surface area (Å²) in [5.41, 5.74) is 2.26. The molecule has 0 aliphatic heterocycles. The summed E-state index contributed by atoms with van der Waals surface area (Å²) in [7, 11) is 0. The number of nitrogens with one attached hydrogen (secondary N) is 1. The first kappa shape index (κ1) is 13.7. The predicted molar refractivity (Wildman–Crippen MR) is 90.0 cm³/mol. The molecule has 0 atom stereocenters. The van der Waals surface area contributed by atoms with Gasteiger partial charge in [0.25, 0.3) is 0 Å². The lowest BCUT2D eigenvalue weighted by atomic mass is 10.2. The van der Waals surface area contributed by atoms with Gasteiger partial charge in [-0.1, -0.05) is 42.5 Å². The van der Waals surface area contributed by atoms with Gasteiger partial charge in [-0.2, -0.15) is 0 Å². The smallest absolute Gasteiger partial charge is 0.134 e. The van der Waals surface area contributed by atoms with Crippen molar-refractivity contribution in [3.05, 3.63) is 84.6 Å². The number of hydrogen-bond donors (Lipinski definition) is 1. The zero-order chi connectivity index (χ0) is 14.3. The van der Waals surface area contributed by atoms with Crippen LogP contribution in [0.3, 0.4) is 0 Å². The molecule has 0 amide bonds. The van der Waals surface area contributed by atoms with Crippen molar-refractivity contribution < 1.29 is 0 Å². The van der Waals surface area contributed by atoms with Gasteiger partial charge in [-0.25, -0.2) is 4.98 Å². The van der Waals surface area contributed by atoms with Gasteiger partial charge in [-0.05, 0) is 30.3 Å². The molecule has 0 spiro atoms. The van der Waals surface area contributed by atoms with Crippen LogP contribution in [0.25, 0.3) is 0 Å². The van der Waals surface area contributed by atoms with E-state index in [4.69, 9.17) is 0 Å². The third-order valence-corrected chi connectivity index (χ3v) is 4.13. The Morgan fingerprint density at radius 1 is 0.810 bits per heavy atom. The number of hydrogen-bond acceptors (Lipinski definition) is 3. The summed E-state index contributed by atoms with van der Waals surface area (Å²) in [5.74, 6) is 1.82. The van der Waals surface area contributed by atoms with Gasteiger partial charge in [0.15, 0.2) is 0 Å². The second-order valence-electron chi connectivity index (χ2n) is 4.60. The Morgan fingerprint density at radius 3 is 2.29 bits per heavy atom. The maximum absolute atomic E-state index is 4.46. The molecule has 0 fully saturated rings. The molecule has 3 heteroatoms. The Bertz CT molecular complexity index is 684. The first-order valence-electron chi connectivity index (χ1n) is 6.85. The number of benzene rings is 2. The highest BCUT2D eigenvalue weighted by Gasteiger charge is 2.04. The number of nitrogens with zero attached hydrogens (tertiary/aromatic N) is 1. The quantitative estimate of drug-likeness (QED) is 0.661. The van der Waals surface area contributed by atoms with E-state index in [2.05, 4.69) is 40.6 Å². The predicted octanol–water partition coefficient (Wildman–Crippen LogP) is 5.12. The summed E-state index contributed by atoms with van der Waals surface area (Å²) in [5, 5.41) is 3.38. The van der Waals surface area contributed by atoms with E-state index in [1.807, 2.05) is 60.4 Å². The molecule has 1 aromatic heterocycles. The monoisotopic (exact) mass is 292 g/mol. The molecule has 0 saturated carbocycles. The molecule has 0 aliphatic rings. The topological polar surface area (TPSA) is 24.9 Å². The molecule has 0 saturated heterocycles. The first-order chi connectivity index (χ1) is 10.4. The summed E-state index contributed by atoms with van der Waals surface area (Å²) in [4.78, 5) is 5.73. The maximum Gasteiger partial charge on any atom is 0.134 e. The number of anilines is 2. The fraction of sp³-hybridized carbons (Fsp3) is 0.0556. The maximum atomic E-state index is 4.46. The number of rotatable bonds is 5. The minimum atomic E-state index is 0.896. The molecule has 2 nitrogen and oxygen atoms in total. The summed E-state index contributed by atoms with van der Waals surface area (Å²) in [6.07, 6.45) is 1.82. The minimum absolute atomic E-state index is 0.896. The van der Waals surface area contributed by atoms with Gasteiger partial charge in [0, 0.05) is 28.1 Å². The van der Waals surface area contributed by atoms with Crippen LogP contribution in [0.4, 0.5) is 11.5 Å². The fourth-order valence-electron chi connectivity index (χ4n) is 2.00. The molecule has 0 bridgehead atoms. The van der Waals surface area contributed by atoms with Gasteiger partial charge in [0.05, 0.1) is 0 Å². The standard InChI is InChI=1S/C18H16N2S/c1-3-9-16(10-4-1)20-18-15(8-7-13-19-18)14-21-17-11-5-2-6-12-17/h1-13H,14H2,(H,19,20). The molecule has 0 unspecified atom stereocenters. The van der Waals surface area contributed by atoms with Crippen molar-refractivity contribution in [1.29, 1.82) is 0 Å². The van der Waals surface area contributed by atoms with Crippen LogP contribution in [0, 0.1) is 0 Å². The van der Waals surface area contributed by atoms with Crippen molar-refractivity contribution >= 4 is 23.3 Å². The highest BCUT2D eigenvalue weighted by molar-refractivity contribution is 7.98. The summed E-state index contributed by atoms with van der Waals surface area (Å²) < 4.78 is 0. The summed E-state index contributed by atoms with van der Waals surface area (Å²) in [6.45, 7) is 0. The lowest BCUT2D eigenvalue weighted by Gasteiger charge is -2.10. The van der Waals surface area contributed by atoms with E-state index >= 15 is 0 Å². The Labute approximate surface area is 129 Å². The molecule has 104 valence electrons. The third kappa shape index (κ3) is 3.86. The number of aromatic nitrogens is 1. The van der Waals surface area contributed by atoms with Crippen LogP contribution in [0.1, 0.15) is 5.56 Å². The van der Waals surface area contributed by atoms with Crippen LogP contribution in [0.15, 0.2) is 83.9 Å². The van der Waals surface area contributed by atoms with Crippen molar-refractivity contribution in [2.75, 3.05) is 5.32 Å². The first-order valence-corrected chi connectivity index (χ1v) is 7.84. The van der Waals surface area contributed by atoms with Crippen LogP contribution in [0.2, 0.25) is 0 Å². The average molecular weight is 292 g/mol. The molecule has 1 N–H and O–H groups in total. The minimum Gasteiger partial charge on any atom is -0.340 e. The molecule has 1 heterocycles. The Balaban J connectivity index is 1.73. The Hall–Kier alpha value is -2.26. The highest BCUT2D eigenvalue weighted by Crippen LogP contribution is 2.26. The Morgan fingerprint density at radius 2 is 1.52 bits per heavy atom. The second-order valence-corrected chi connectivity index (χ2v) is 5.65. The SMILES string of the molecule is c1ccc(Nc2ncccc2CSc2ccccc2)cc1. The fourth-order valence-corrected chi connectivity index (χ4v) is 2.91. The molecule has 3 rings (SSSR count). The largest absolute Gasteiger partial charge is 0.340 e. The van der Waals surface area contributed by atoms with Crippen molar-refractivity contribution in [3.8, 4) is 0 Å². The van der Waals surface area contributed by atoms with E-state index in [1.165, 1.54) is 10.5 Å². The van der Waals surface area contributed by atoms with Gasteiger partial charge in [-0.3, -0.25) is 0 Å². The van der Waals surface area contributed by atoms with Crippen molar-refractivity contribution in [3.63, 3.8) is 0 Å². The van der Waals surface area contributed by atoms with Gasteiger partial charge in [-0.15, -0.1) is 11.8 Å². The van der Waals surface area contributed by atoms with Gasteiger partial charge in [0.2, 0.25) is 0 Å². The second kappa shape index (κ2) is 6.95.